The van der Waals surface area contributed by atoms with E-state index in [2.05, 4.69) is 21.2 Å². The van der Waals surface area contributed by atoms with Crippen LogP contribution in [0.5, 0.6) is 5.75 Å². The molecule has 4 nitrogen and oxygen atoms in total. The molecular weight excluding hydrogens is 359 g/mol. The number of hydrogen-bond acceptors (Lipinski definition) is 3. The van der Waals surface area contributed by atoms with E-state index in [4.69, 9.17) is 18.0 Å². The second-order valence-electron chi connectivity index (χ2n) is 4.15. The Hall–Kier alpha value is -1.99. The third-order valence-corrected chi connectivity index (χ3v) is 3.59. The molecule has 0 radical (unpaired) electrons. The van der Waals surface area contributed by atoms with E-state index >= 15 is 0 Å². The molecule has 0 heterocycles. The molecule has 21 heavy (non-hydrogen) atoms. The van der Waals surface area contributed by atoms with E-state index in [-0.39, 0.29) is 27.6 Å². The van der Waals surface area contributed by atoms with E-state index in [0.29, 0.717) is 4.47 Å². The lowest BCUT2D eigenvalue weighted by Crippen LogP contribution is -2.19. The molecule has 2 aromatic carbocycles. The molecule has 1 amide bonds. The molecule has 0 saturated heterocycles. The molecule has 0 aliphatic heterocycles. The van der Waals surface area contributed by atoms with Crippen molar-refractivity contribution < 1.29 is 14.3 Å². The third-order valence-electron chi connectivity index (χ3n) is 2.72. The predicted octanol–water partition coefficient (Wildman–Crippen LogP) is 3.18. The van der Waals surface area contributed by atoms with E-state index in [0.717, 1.165) is 0 Å². The lowest BCUT2D eigenvalue weighted by atomic mass is 10.1. The average molecular weight is 369 g/mol. The Kier molecular flexibility index (Phi) is 4.54. The van der Waals surface area contributed by atoms with Crippen LogP contribution in [0.1, 0.15) is 15.9 Å². The first-order valence-electron chi connectivity index (χ1n) is 5.78. The van der Waals surface area contributed by atoms with Gasteiger partial charge in [0.05, 0.1) is 15.7 Å². The largest absolute Gasteiger partial charge is 0.507 e. The Morgan fingerprint density at radius 2 is 2.05 bits per heavy atom. The van der Waals surface area contributed by atoms with Crippen molar-refractivity contribution in [3.05, 3.63) is 57.8 Å². The Bertz CT molecular complexity index is 737. The Morgan fingerprint density at radius 1 is 1.33 bits per heavy atom. The van der Waals surface area contributed by atoms with Gasteiger partial charge in [0.25, 0.3) is 5.91 Å². The van der Waals surface area contributed by atoms with Crippen LogP contribution in [-0.2, 0) is 0 Å². The molecule has 4 N–H and O–H groups in total. The molecule has 0 fully saturated rings. The number of rotatable bonds is 3. The van der Waals surface area contributed by atoms with Gasteiger partial charge in [0.2, 0.25) is 0 Å². The van der Waals surface area contributed by atoms with Gasteiger partial charge in [-0.15, -0.1) is 0 Å². The number of anilines is 1. The number of phenolic OH excluding ortho intramolecular Hbond substituents is 1. The highest BCUT2D eigenvalue weighted by Crippen LogP contribution is 2.25. The summed E-state index contributed by atoms with van der Waals surface area (Å²) in [7, 11) is 0. The number of phenols is 1. The van der Waals surface area contributed by atoms with Crippen molar-refractivity contribution in [2.45, 2.75) is 0 Å². The summed E-state index contributed by atoms with van der Waals surface area (Å²) in [5, 5.41) is 12.1. The van der Waals surface area contributed by atoms with Gasteiger partial charge in [-0.3, -0.25) is 4.79 Å². The van der Waals surface area contributed by atoms with Gasteiger partial charge in [0.1, 0.15) is 16.6 Å². The van der Waals surface area contributed by atoms with E-state index in [1.54, 1.807) is 0 Å². The quantitative estimate of drug-likeness (QED) is 0.727. The number of nitrogens with two attached hydrogens (primary N) is 1. The summed E-state index contributed by atoms with van der Waals surface area (Å²) in [5.74, 6) is -1.20. The first kappa shape index (κ1) is 15.4. The Balaban J connectivity index is 2.34. The van der Waals surface area contributed by atoms with Crippen LogP contribution in [0.4, 0.5) is 10.1 Å². The number of halogens is 2. The highest BCUT2D eigenvalue weighted by atomic mass is 79.9. The normalized spacial score (nSPS) is 10.2. The van der Waals surface area contributed by atoms with Gasteiger partial charge in [0, 0.05) is 5.56 Å². The summed E-state index contributed by atoms with van der Waals surface area (Å²) in [6, 6.07) is 8.47. The minimum Gasteiger partial charge on any atom is -0.507 e. The molecule has 2 rings (SSSR count). The van der Waals surface area contributed by atoms with Crippen LogP contribution >= 0.6 is 28.1 Å². The summed E-state index contributed by atoms with van der Waals surface area (Å²) >= 11 is 7.91. The lowest BCUT2D eigenvalue weighted by molar-refractivity contribution is 0.102. The van der Waals surface area contributed by atoms with Crippen molar-refractivity contribution in [2.75, 3.05) is 5.32 Å². The number of nitrogens with one attached hydrogen (secondary N) is 1. The van der Waals surface area contributed by atoms with Gasteiger partial charge >= 0.3 is 0 Å². The molecule has 0 aliphatic rings. The van der Waals surface area contributed by atoms with Gasteiger partial charge in [-0.2, -0.15) is 0 Å². The fourth-order valence-electron chi connectivity index (χ4n) is 1.73. The Morgan fingerprint density at radius 3 is 2.67 bits per heavy atom. The lowest BCUT2D eigenvalue weighted by Gasteiger charge is -2.11. The molecule has 108 valence electrons. The molecule has 7 heteroatoms. The van der Waals surface area contributed by atoms with Crippen molar-refractivity contribution in [1.82, 2.24) is 0 Å². The zero-order valence-corrected chi connectivity index (χ0v) is 13.0. The first-order chi connectivity index (χ1) is 9.90. The van der Waals surface area contributed by atoms with Crippen LogP contribution in [-0.4, -0.2) is 16.0 Å². The number of hydrogen-bond donors (Lipinski definition) is 3. The molecule has 0 unspecified atom stereocenters. The van der Waals surface area contributed by atoms with Gasteiger partial charge in [-0.25, -0.2) is 4.39 Å². The number of amides is 1. The van der Waals surface area contributed by atoms with Crippen LogP contribution < -0.4 is 11.1 Å². The van der Waals surface area contributed by atoms with Crippen molar-refractivity contribution in [3.63, 3.8) is 0 Å². The molecule has 0 bridgehead atoms. The fourth-order valence-corrected chi connectivity index (χ4v) is 2.18. The van der Waals surface area contributed by atoms with Gasteiger partial charge < -0.3 is 16.2 Å². The molecule has 0 aliphatic carbocycles. The molecule has 0 aromatic heterocycles. The second kappa shape index (κ2) is 6.19. The molecular formula is C14H10BrFN2O2S. The highest BCUT2D eigenvalue weighted by molar-refractivity contribution is 9.10. The van der Waals surface area contributed by atoms with E-state index in [9.17, 15) is 14.3 Å². The molecule has 2 aromatic rings. The number of carbonyl (C=O) groups is 1. The van der Waals surface area contributed by atoms with Crippen LogP contribution in [0.2, 0.25) is 0 Å². The summed E-state index contributed by atoms with van der Waals surface area (Å²) in [4.78, 5) is 12.0. The van der Waals surface area contributed by atoms with Crippen molar-refractivity contribution in [1.29, 1.82) is 0 Å². The van der Waals surface area contributed by atoms with Gasteiger partial charge in [0.15, 0.2) is 0 Å². The zero-order valence-electron chi connectivity index (χ0n) is 10.6. The minimum absolute atomic E-state index is 0.0258. The number of aromatic hydroxyl groups is 1. The summed E-state index contributed by atoms with van der Waals surface area (Å²) in [6.07, 6.45) is 0. The van der Waals surface area contributed by atoms with E-state index in [1.807, 2.05) is 0 Å². The van der Waals surface area contributed by atoms with Crippen molar-refractivity contribution >= 4 is 44.7 Å². The Labute approximate surface area is 133 Å². The van der Waals surface area contributed by atoms with Gasteiger partial charge in [-0.05, 0) is 46.3 Å². The smallest absolute Gasteiger partial charge is 0.255 e. The van der Waals surface area contributed by atoms with E-state index < -0.39 is 11.7 Å². The standard InChI is InChI=1S/C14H10BrFN2O2S/c15-8-5-4-7(6-11(8)19)14(20)18-10-3-1-2-9(16)12(10)13(17)21/h1-6,19H,(H2,17,21)(H,18,20). The maximum Gasteiger partial charge on any atom is 0.255 e. The SMILES string of the molecule is NC(=S)c1c(F)cccc1NC(=O)c1ccc(Br)c(O)c1. The number of carbonyl (C=O) groups excluding carboxylic acids is 1. The maximum absolute atomic E-state index is 13.7. The average Bonchev–Trinajstić information content (AvgIpc) is 2.41. The van der Waals surface area contributed by atoms with Crippen LogP contribution in [0.15, 0.2) is 40.9 Å². The molecule has 0 saturated carbocycles. The topological polar surface area (TPSA) is 75.3 Å². The first-order valence-corrected chi connectivity index (χ1v) is 6.98. The summed E-state index contributed by atoms with van der Waals surface area (Å²) in [5.41, 5.74) is 5.83. The van der Waals surface area contributed by atoms with Crippen LogP contribution in [0.3, 0.4) is 0 Å². The summed E-state index contributed by atoms with van der Waals surface area (Å²) < 4.78 is 14.2. The fraction of sp³-hybridized carbons (Fsp3) is 0. The monoisotopic (exact) mass is 368 g/mol. The molecule has 0 spiro atoms. The minimum atomic E-state index is -0.612. The van der Waals surface area contributed by atoms with Gasteiger partial charge in [-0.1, -0.05) is 18.3 Å². The van der Waals surface area contributed by atoms with Crippen molar-refractivity contribution in [3.8, 4) is 5.75 Å². The van der Waals surface area contributed by atoms with Crippen LogP contribution in [0, 0.1) is 5.82 Å². The van der Waals surface area contributed by atoms with E-state index in [1.165, 1.54) is 36.4 Å². The van der Waals surface area contributed by atoms with Crippen molar-refractivity contribution in [2.24, 2.45) is 5.73 Å². The second-order valence-corrected chi connectivity index (χ2v) is 5.44. The third kappa shape index (κ3) is 3.37. The highest BCUT2D eigenvalue weighted by Gasteiger charge is 2.15. The van der Waals surface area contributed by atoms with Crippen LogP contribution in [0.25, 0.3) is 0 Å². The molecule has 0 atom stereocenters. The predicted molar refractivity (Wildman–Crippen MR) is 86.0 cm³/mol. The summed E-state index contributed by atoms with van der Waals surface area (Å²) in [6.45, 7) is 0. The zero-order chi connectivity index (χ0) is 15.6. The number of thiocarbonyl (C=S) groups is 1. The number of benzene rings is 2. The maximum atomic E-state index is 13.7.